The SMILES string of the molecule is C=C(C)C(=O)SCCC(=S)CC(CC(S)S)SC(=O)C(=C)C. The monoisotopic (exact) mass is 394 g/mol. The maximum atomic E-state index is 11.8. The number of thiol groups is 2. The molecule has 0 aromatic heterocycles. The van der Waals surface area contributed by atoms with E-state index in [4.69, 9.17) is 12.2 Å². The second-order valence-corrected chi connectivity index (χ2v) is 9.51. The van der Waals surface area contributed by atoms with Crippen molar-refractivity contribution in [1.29, 1.82) is 0 Å². The lowest BCUT2D eigenvalue weighted by Gasteiger charge is -2.17. The first-order chi connectivity index (χ1) is 10.1. The highest BCUT2D eigenvalue weighted by Crippen LogP contribution is 2.27. The molecule has 0 heterocycles. The Kier molecular flexibility index (Phi) is 12.0. The van der Waals surface area contributed by atoms with Gasteiger partial charge in [0.2, 0.25) is 10.2 Å². The van der Waals surface area contributed by atoms with Gasteiger partial charge in [-0.1, -0.05) is 48.9 Å². The molecule has 0 fully saturated rings. The van der Waals surface area contributed by atoms with Crippen molar-refractivity contribution in [1.82, 2.24) is 0 Å². The van der Waals surface area contributed by atoms with E-state index in [1.54, 1.807) is 13.8 Å². The van der Waals surface area contributed by atoms with Gasteiger partial charge in [0.25, 0.3) is 0 Å². The summed E-state index contributed by atoms with van der Waals surface area (Å²) < 4.78 is -0.0995. The van der Waals surface area contributed by atoms with E-state index in [0.717, 1.165) is 4.86 Å². The summed E-state index contributed by atoms with van der Waals surface area (Å²) in [4.78, 5) is 24.1. The zero-order valence-corrected chi connectivity index (χ0v) is 17.1. The van der Waals surface area contributed by atoms with Crippen LogP contribution in [0.5, 0.6) is 0 Å². The second-order valence-electron chi connectivity index (χ2n) is 4.93. The van der Waals surface area contributed by atoms with Crippen molar-refractivity contribution < 1.29 is 9.59 Å². The van der Waals surface area contributed by atoms with Crippen LogP contribution in [0.1, 0.15) is 33.1 Å². The molecule has 0 amide bonds. The van der Waals surface area contributed by atoms with Crippen molar-refractivity contribution in [3.8, 4) is 0 Å². The fourth-order valence-electron chi connectivity index (χ4n) is 1.40. The molecule has 0 aliphatic rings. The first-order valence-electron chi connectivity index (χ1n) is 6.70. The Labute approximate surface area is 158 Å². The number of hydrogen-bond acceptors (Lipinski definition) is 7. The van der Waals surface area contributed by atoms with Gasteiger partial charge in [-0.05, 0) is 49.1 Å². The van der Waals surface area contributed by atoms with E-state index in [0.29, 0.717) is 36.2 Å². The molecule has 0 N–H and O–H groups in total. The van der Waals surface area contributed by atoms with Gasteiger partial charge < -0.3 is 0 Å². The summed E-state index contributed by atoms with van der Waals surface area (Å²) in [7, 11) is 0. The number of rotatable bonds is 10. The summed E-state index contributed by atoms with van der Waals surface area (Å²) >= 11 is 16.4. The van der Waals surface area contributed by atoms with Crippen LogP contribution in [0.3, 0.4) is 0 Å². The van der Waals surface area contributed by atoms with Gasteiger partial charge in [-0.25, -0.2) is 0 Å². The van der Waals surface area contributed by atoms with Crippen LogP contribution in [0, 0.1) is 0 Å². The van der Waals surface area contributed by atoms with Crippen LogP contribution in [0.15, 0.2) is 24.3 Å². The van der Waals surface area contributed by atoms with Gasteiger partial charge in [-0.2, -0.15) is 25.3 Å². The Morgan fingerprint density at radius 1 is 1.14 bits per heavy atom. The highest BCUT2D eigenvalue weighted by atomic mass is 32.2. The van der Waals surface area contributed by atoms with Crippen molar-refractivity contribution in [3.63, 3.8) is 0 Å². The first-order valence-corrected chi connectivity index (χ1v) is 10.0. The van der Waals surface area contributed by atoms with E-state index in [2.05, 4.69) is 38.4 Å². The molecule has 0 bridgehead atoms. The number of carbonyl (C=O) groups is 2. The predicted molar refractivity (Wildman–Crippen MR) is 112 cm³/mol. The fraction of sp³-hybridized carbons (Fsp3) is 0.533. The summed E-state index contributed by atoms with van der Waals surface area (Å²) in [6.07, 6.45) is 1.98. The van der Waals surface area contributed by atoms with E-state index >= 15 is 0 Å². The van der Waals surface area contributed by atoms with Gasteiger partial charge in [0.05, 0.1) is 0 Å². The number of thioether (sulfide) groups is 2. The Hall–Kier alpha value is 0.310. The molecule has 0 aliphatic heterocycles. The zero-order chi connectivity index (χ0) is 17.3. The average Bonchev–Trinajstić information content (AvgIpc) is 2.37. The summed E-state index contributed by atoms with van der Waals surface area (Å²) in [6, 6.07) is 0. The van der Waals surface area contributed by atoms with E-state index in [1.807, 2.05) is 0 Å². The molecule has 124 valence electrons. The topological polar surface area (TPSA) is 34.1 Å². The lowest BCUT2D eigenvalue weighted by molar-refractivity contribution is -0.108. The first kappa shape index (κ1) is 22.3. The molecule has 2 nitrogen and oxygen atoms in total. The summed E-state index contributed by atoms with van der Waals surface area (Å²) in [5.74, 6) is 0.640. The third kappa shape index (κ3) is 10.9. The lowest BCUT2D eigenvalue weighted by Crippen LogP contribution is -2.15. The largest absolute Gasteiger partial charge is 0.282 e. The maximum absolute atomic E-state index is 11.8. The van der Waals surface area contributed by atoms with Gasteiger partial charge in [0.15, 0.2) is 0 Å². The Bertz CT molecular complexity index is 457. The van der Waals surface area contributed by atoms with Crippen LogP contribution in [-0.4, -0.2) is 30.7 Å². The lowest BCUT2D eigenvalue weighted by atomic mass is 10.1. The second kappa shape index (κ2) is 11.8. The number of thiocarbonyl (C=S) groups is 1. The third-order valence-electron chi connectivity index (χ3n) is 2.51. The van der Waals surface area contributed by atoms with Crippen molar-refractivity contribution in [2.75, 3.05) is 5.75 Å². The quantitative estimate of drug-likeness (QED) is 0.242. The van der Waals surface area contributed by atoms with Gasteiger partial charge >= 0.3 is 0 Å². The van der Waals surface area contributed by atoms with Crippen molar-refractivity contribution in [3.05, 3.63) is 24.3 Å². The van der Waals surface area contributed by atoms with Gasteiger partial charge in [-0.3, -0.25) is 9.59 Å². The minimum Gasteiger partial charge on any atom is -0.282 e. The van der Waals surface area contributed by atoms with Crippen molar-refractivity contribution in [2.24, 2.45) is 0 Å². The number of carbonyl (C=O) groups excluding carboxylic acids is 2. The molecule has 0 saturated carbocycles. The summed E-state index contributed by atoms with van der Waals surface area (Å²) in [5.41, 5.74) is 1.07. The van der Waals surface area contributed by atoms with E-state index < -0.39 is 0 Å². The molecule has 0 aliphatic carbocycles. The molecule has 1 atom stereocenters. The van der Waals surface area contributed by atoms with Gasteiger partial charge in [0, 0.05) is 15.6 Å². The molecule has 0 aromatic rings. The molecule has 1 unspecified atom stereocenters. The van der Waals surface area contributed by atoms with E-state index in [1.165, 1.54) is 23.5 Å². The third-order valence-corrected chi connectivity index (χ3v) is 5.58. The molecule has 22 heavy (non-hydrogen) atoms. The molecule has 7 heteroatoms. The highest BCUT2D eigenvalue weighted by Gasteiger charge is 2.19. The minimum atomic E-state index is -0.0995. The van der Waals surface area contributed by atoms with E-state index in [-0.39, 0.29) is 20.1 Å². The molecular formula is C15H22O2S5. The van der Waals surface area contributed by atoms with Crippen molar-refractivity contribution in [2.45, 2.75) is 42.9 Å². The van der Waals surface area contributed by atoms with Crippen LogP contribution in [0.25, 0.3) is 0 Å². The molecule has 0 rings (SSSR count). The highest BCUT2D eigenvalue weighted by molar-refractivity contribution is 8.14. The van der Waals surface area contributed by atoms with Crippen LogP contribution >= 0.6 is 61.0 Å². The minimum absolute atomic E-state index is 0.00281. The normalized spacial score (nSPS) is 12.0. The number of hydrogen-bond donors (Lipinski definition) is 2. The standard InChI is InChI=1S/C15H22O2S5/c1-9(2)14(16)21-6-5-11(18)7-12(8-13(19)20)22-15(17)10(3)4/h12-13,19-20H,1,3,5-8H2,2,4H3. The van der Waals surface area contributed by atoms with E-state index in [9.17, 15) is 9.59 Å². The Morgan fingerprint density at radius 3 is 2.14 bits per heavy atom. The summed E-state index contributed by atoms with van der Waals surface area (Å²) in [5, 5.41) is 0.0115. The molecule has 0 saturated heterocycles. The molecule has 0 aromatic carbocycles. The van der Waals surface area contributed by atoms with Crippen LogP contribution in [-0.2, 0) is 9.59 Å². The fourth-order valence-corrected chi connectivity index (χ4v) is 4.59. The zero-order valence-electron chi connectivity index (χ0n) is 12.8. The van der Waals surface area contributed by atoms with Crippen LogP contribution in [0.2, 0.25) is 0 Å². The summed E-state index contributed by atoms with van der Waals surface area (Å²) in [6.45, 7) is 10.7. The molecule has 0 spiro atoms. The Balaban J connectivity index is 4.37. The maximum Gasteiger partial charge on any atom is 0.214 e. The predicted octanol–water partition coefficient (Wildman–Crippen LogP) is 4.75. The molecular weight excluding hydrogens is 372 g/mol. The Morgan fingerprint density at radius 2 is 1.68 bits per heavy atom. The van der Waals surface area contributed by atoms with Gasteiger partial charge in [-0.15, -0.1) is 0 Å². The van der Waals surface area contributed by atoms with Crippen LogP contribution < -0.4 is 0 Å². The van der Waals surface area contributed by atoms with Gasteiger partial charge in [0.1, 0.15) is 0 Å². The van der Waals surface area contributed by atoms with Crippen molar-refractivity contribution >= 4 is 76.1 Å². The van der Waals surface area contributed by atoms with Crippen LogP contribution in [0.4, 0.5) is 0 Å². The molecule has 0 radical (unpaired) electrons. The smallest absolute Gasteiger partial charge is 0.214 e. The average molecular weight is 395 g/mol.